The van der Waals surface area contributed by atoms with Crippen LogP contribution in [0.15, 0.2) is 29.3 Å². The van der Waals surface area contributed by atoms with Gasteiger partial charge < -0.3 is 4.90 Å². The summed E-state index contributed by atoms with van der Waals surface area (Å²) in [4.78, 5) is 6.65. The molecule has 1 aliphatic heterocycles. The first kappa shape index (κ1) is 9.88. The lowest BCUT2D eigenvalue weighted by Crippen LogP contribution is -2.30. The fourth-order valence-electron chi connectivity index (χ4n) is 2.82. The Morgan fingerprint density at radius 3 is 2.94 bits per heavy atom. The highest BCUT2D eigenvalue weighted by Gasteiger charge is 2.20. The Balaban J connectivity index is 1.66. The predicted octanol–water partition coefficient (Wildman–Crippen LogP) is 2.14. The first-order valence-electron chi connectivity index (χ1n) is 6.22. The van der Waals surface area contributed by atoms with Crippen LogP contribution in [0.5, 0.6) is 0 Å². The first-order chi connectivity index (χ1) is 7.92. The van der Waals surface area contributed by atoms with E-state index in [0.717, 1.165) is 19.0 Å². The lowest BCUT2D eigenvalue weighted by atomic mass is 9.84. The molecule has 0 amide bonds. The Labute approximate surface area is 97.0 Å². The van der Waals surface area contributed by atoms with Crippen molar-refractivity contribution in [1.29, 1.82) is 0 Å². The number of hydrogen-bond acceptors (Lipinski definition) is 2. The molecule has 84 valence electrons. The zero-order valence-electron chi connectivity index (χ0n) is 9.60. The number of aryl methyl sites for hydroxylation is 1. The molecule has 0 spiro atoms. The smallest absolute Gasteiger partial charge is 0.0851 e. The van der Waals surface area contributed by atoms with E-state index in [-0.39, 0.29) is 0 Å². The molecule has 0 fully saturated rings. The van der Waals surface area contributed by atoms with Gasteiger partial charge >= 0.3 is 0 Å². The predicted molar refractivity (Wildman–Crippen MR) is 66.9 cm³/mol. The van der Waals surface area contributed by atoms with Crippen LogP contribution in [0.4, 0.5) is 0 Å². The maximum atomic E-state index is 4.28. The minimum Gasteiger partial charge on any atom is -0.361 e. The van der Waals surface area contributed by atoms with Crippen molar-refractivity contribution in [2.45, 2.75) is 19.3 Å². The number of fused-ring (bicyclic) bond motifs is 1. The van der Waals surface area contributed by atoms with Gasteiger partial charge in [0.25, 0.3) is 0 Å². The molecule has 3 rings (SSSR count). The molecular formula is C14H18N2. The summed E-state index contributed by atoms with van der Waals surface area (Å²) in [5, 5.41) is 0. The summed E-state index contributed by atoms with van der Waals surface area (Å²) in [5.74, 6) is 0.819. The third-order valence-corrected chi connectivity index (χ3v) is 3.70. The van der Waals surface area contributed by atoms with E-state index in [1.807, 2.05) is 6.34 Å². The van der Waals surface area contributed by atoms with Gasteiger partial charge in [-0.2, -0.15) is 0 Å². The fraction of sp³-hybridized carbons (Fsp3) is 0.500. The van der Waals surface area contributed by atoms with Crippen LogP contribution in [0, 0.1) is 5.92 Å². The van der Waals surface area contributed by atoms with Crippen LogP contribution in [0.25, 0.3) is 0 Å². The van der Waals surface area contributed by atoms with Gasteiger partial charge in [0.05, 0.1) is 12.9 Å². The third-order valence-electron chi connectivity index (χ3n) is 3.70. The Hall–Kier alpha value is -1.31. The molecule has 16 heavy (non-hydrogen) atoms. The van der Waals surface area contributed by atoms with E-state index in [9.17, 15) is 0 Å². The normalized spacial score (nSPS) is 23.5. The van der Waals surface area contributed by atoms with Gasteiger partial charge in [-0.15, -0.1) is 0 Å². The molecule has 1 heterocycles. The maximum absolute atomic E-state index is 4.28. The molecule has 1 aromatic rings. The van der Waals surface area contributed by atoms with E-state index < -0.39 is 0 Å². The molecule has 2 aliphatic rings. The zero-order chi connectivity index (χ0) is 10.8. The number of benzene rings is 1. The Kier molecular flexibility index (Phi) is 2.65. The number of nitrogens with zero attached hydrogens (tertiary/aromatic N) is 2. The summed E-state index contributed by atoms with van der Waals surface area (Å²) in [6, 6.07) is 8.90. The van der Waals surface area contributed by atoms with Crippen LogP contribution < -0.4 is 0 Å². The Bertz CT molecular complexity index is 397. The van der Waals surface area contributed by atoms with Crippen molar-refractivity contribution in [3.63, 3.8) is 0 Å². The minimum atomic E-state index is 0.819. The number of rotatable bonds is 2. The summed E-state index contributed by atoms with van der Waals surface area (Å²) < 4.78 is 0. The molecular weight excluding hydrogens is 196 g/mol. The molecule has 0 aromatic heterocycles. The summed E-state index contributed by atoms with van der Waals surface area (Å²) in [5.41, 5.74) is 3.13. The van der Waals surface area contributed by atoms with Crippen molar-refractivity contribution in [2.75, 3.05) is 19.6 Å². The van der Waals surface area contributed by atoms with Crippen LogP contribution in [0.3, 0.4) is 0 Å². The van der Waals surface area contributed by atoms with Gasteiger partial charge in [0.15, 0.2) is 0 Å². The Morgan fingerprint density at radius 1 is 1.25 bits per heavy atom. The number of aliphatic imine (C=N–C) groups is 1. The average molecular weight is 214 g/mol. The SMILES string of the molecule is C1=NCCN1CC1CCc2ccccc2C1. The molecule has 0 bridgehead atoms. The van der Waals surface area contributed by atoms with E-state index in [2.05, 4.69) is 34.2 Å². The van der Waals surface area contributed by atoms with E-state index >= 15 is 0 Å². The van der Waals surface area contributed by atoms with Crippen molar-refractivity contribution < 1.29 is 0 Å². The van der Waals surface area contributed by atoms with E-state index in [0.29, 0.717) is 0 Å². The van der Waals surface area contributed by atoms with Gasteiger partial charge in [0, 0.05) is 13.1 Å². The highest BCUT2D eigenvalue weighted by atomic mass is 15.2. The van der Waals surface area contributed by atoms with E-state index in [1.54, 1.807) is 11.1 Å². The summed E-state index contributed by atoms with van der Waals surface area (Å²) in [6.45, 7) is 3.30. The molecule has 2 nitrogen and oxygen atoms in total. The standard InChI is InChI=1S/C14H18N2/c1-2-4-14-9-12(5-6-13(14)3-1)10-16-8-7-15-11-16/h1-4,11-12H,5-10H2. The van der Waals surface area contributed by atoms with Crippen molar-refractivity contribution in [1.82, 2.24) is 4.90 Å². The van der Waals surface area contributed by atoms with Gasteiger partial charge in [-0.1, -0.05) is 24.3 Å². The van der Waals surface area contributed by atoms with Crippen molar-refractivity contribution in [3.8, 4) is 0 Å². The van der Waals surface area contributed by atoms with Crippen LogP contribution in [0.2, 0.25) is 0 Å². The van der Waals surface area contributed by atoms with Gasteiger partial charge in [0.2, 0.25) is 0 Å². The lowest BCUT2D eigenvalue weighted by molar-refractivity contribution is 0.337. The molecule has 0 saturated carbocycles. The number of hydrogen-bond donors (Lipinski definition) is 0. The summed E-state index contributed by atoms with van der Waals surface area (Å²) in [7, 11) is 0. The quantitative estimate of drug-likeness (QED) is 0.736. The monoisotopic (exact) mass is 214 g/mol. The van der Waals surface area contributed by atoms with Crippen LogP contribution >= 0.6 is 0 Å². The van der Waals surface area contributed by atoms with Gasteiger partial charge in [-0.05, 0) is 36.3 Å². The largest absolute Gasteiger partial charge is 0.361 e. The topological polar surface area (TPSA) is 15.6 Å². The van der Waals surface area contributed by atoms with E-state index in [4.69, 9.17) is 0 Å². The second kappa shape index (κ2) is 4.28. The fourth-order valence-corrected chi connectivity index (χ4v) is 2.82. The summed E-state index contributed by atoms with van der Waals surface area (Å²) in [6.07, 6.45) is 5.87. The molecule has 1 atom stereocenters. The van der Waals surface area contributed by atoms with Crippen molar-refractivity contribution >= 4 is 6.34 Å². The second-order valence-electron chi connectivity index (χ2n) is 4.89. The molecule has 1 unspecified atom stereocenters. The molecule has 0 N–H and O–H groups in total. The van der Waals surface area contributed by atoms with Crippen LogP contribution in [0.1, 0.15) is 17.5 Å². The minimum absolute atomic E-state index is 0.819. The van der Waals surface area contributed by atoms with E-state index in [1.165, 1.54) is 25.8 Å². The molecule has 2 heteroatoms. The highest BCUT2D eigenvalue weighted by molar-refractivity contribution is 5.57. The highest BCUT2D eigenvalue weighted by Crippen LogP contribution is 2.25. The first-order valence-corrected chi connectivity index (χ1v) is 6.22. The second-order valence-corrected chi connectivity index (χ2v) is 4.89. The lowest BCUT2D eigenvalue weighted by Gasteiger charge is -2.27. The molecule has 0 saturated heterocycles. The zero-order valence-corrected chi connectivity index (χ0v) is 9.60. The van der Waals surface area contributed by atoms with Gasteiger partial charge in [0.1, 0.15) is 0 Å². The summed E-state index contributed by atoms with van der Waals surface area (Å²) >= 11 is 0. The van der Waals surface area contributed by atoms with Crippen molar-refractivity contribution in [3.05, 3.63) is 35.4 Å². The Morgan fingerprint density at radius 2 is 2.12 bits per heavy atom. The van der Waals surface area contributed by atoms with Gasteiger partial charge in [-0.3, -0.25) is 4.99 Å². The molecule has 1 aliphatic carbocycles. The maximum Gasteiger partial charge on any atom is 0.0851 e. The third kappa shape index (κ3) is 1.97. The van der Waals surface area contributed by atoms with Crippen LogP contribution in [-0.2, 0) is 12.8 Å². The average Bonchev–Trinajstić information content (AvgIpc) is 2.82. The van der Waals surface area contributed by atoms with Crippen LogP contribution in [-0.4, -0.2) is 30.9 Å². The molecule has 1 aromatic carbocycles. The van der Waals surface area contributed by atoms with Gasteiger partial charge in [-0.25, -0.2) is 0 Å². The van der Waals surface area contributed by atoms with Crippen molar-refractivity contribution in [2.24, 2.45) is 10.9 Å². The molecule has 0 radical (unpaired) electrons.